The molecular weight excluding hydrogens is 386 g/mol. The number of halogens is 1. The van der Waals surface area contributed by atoms with Crippen molar-refractivity contribution in [3.63, 3.8) is 0 Å². The molecule has 1 aromatic carbocycles. The van der Waals surface area contributed by atoms with E-state index in [9.17, 15) is 0 Å². The van der Waals surface area contributed by atoms with E-state index in [1.807, 2.05) is 24.3 Å². The quantitative estimate of drug-likeness (QED) is 0.200. The molecule has 0 saturated carbocycles. The summed E-state index contributed by atoms with van der Waals surface area (Å²) in [5.74, 6) is 0.961. The molecule has 26 heavy (non-hydrogen) atoms. The fraction of sp³-hybridized carbons (Fsp3) is 0.739. The van der Waals surface area contributed by atoms with Crippen LogP contribution in [-0.2, 0) is 0 Å². The lowest BCUT2D eigenvalue weighted by Crippen LogP contribution is -2.43. The third kappa shape index (κ3) is 12.8. The van der Waals surface area contributed by atoms with Gasteiger partial charge in [-0.15, -0.1) is 0 Å². The van der Waals surface area contributed by atoms with E-state index in [0.717, 1.165) is 27.9 Å². The Bertz CT molecular complexity index is 444. The SMILES string of the molecule is CCCCCCCCCCCCC[N+](C)(C)CCOc1ccc(Br)cc1. The third-order valence-electron chi connectivity index (χ3n) is 5.15. The highest BCUT2D eigenvalue weighted by Gasteiger charge is 2.14. The van der Waals surface area contributed by atoms with Crippen molar-refractivity contribution in [2.45, 2.75) is 77.6 Å². The van der Waals surface area contributed by atoms with Gasteiger partial charge >= 0.3 is 0 Å². The summed E-state index contributed by atoms with van der Waals surface area (Å²) in [4.78, 5) is 0. The lowest BCUT2D eigenvalue weighted by molar-refractivity contribution is -0.890. The van der Waals surface area contributed by atoms with E-state index in [-0.39, 0.29) is 0 Å². The average molecular weight is 427 g/mol. The number of nitrogens with zero attached hydrogens (tertiary/aromatic N) is 1. The topological polar surface area (TPSA) is 9.23 Å². The Morgan fingerprint density at radius 3 is 1.77 bits per heavy atom. The van der Waals surface area contributed by atoms with Crippen LogP contribution in [0.3, 0.4) is 0 Å². The molecule has 0 spiro atoms. The summed E-state index contributed by atoms with van der Waals surface area (Å²) in [5.41, 5.74) is 0. The van der Waals surface area contributed by atoms with Crippen LogP contribution in [0.15, 0.2) is 28.7 Å². The molecule has 1 rings (SSSR count). The molecule has 150 valence electrons. The van der Waals surface area contributed by atoms with Crippen LogP contribution in [0.1, 0.15) is 77.6 Å². The molecule has 0 aliphatic heterocycles. The number of hydrogen-bond acceptors (Lipinski definition) is 1. The minimum absolute atomic E-state index is 0.784. The second-order valence-corrected chi connectivity index (χ2v) is 9.14. The maximum absolute atomic E-state index is 5.87. The Balaban J connectivity index is 1.95. The molecular formula is C23H41BrNO+. The predicted octanol–water partition coefficient (Wildman–Crippen LogP) is 7.22. The summed E-state index contributed by atoms with van der Waals surface area (Å²) in [6.07, 6.45) is 15.5. The molecule has 0 atom stereocenters. The van der Waals surface area contributed by atoms with E-state index in [1.165, 1.54) is 77.2 Å². The van der Waals surface area contributed by atoms with Gasteiger partial charge in [0.15, 0.2) is 0 Å². The van der Waals surface area contributed by atoms with Crippen LogP contribution in [0.4, 0.5) is 0 Å². The van der Waals surface area contributed by atoms with Crippen LogP contribution in [0.5, 0.6) is 5.75 Å². The highest BCUT2D eigenvalue weighted by atomic mass is 79.9. The normalized spacial score (nSPS) is 11.7. The summed E-state index contributed by atoms with van der Waals surface area (Å²) in [6.45, 7) is 5.39. The Morgan fingerprint density at radius 2 is 1.23 bits per heavy atom. The molecule has 0 saturated heterocycles. The van der Waals surface area contributed by atoms with Gasteiger partial charge in [0.2, 0.25) is 0 Å². The first-order valence-electron chi connectivity index (χ1n) is 10.7. The zero-order valence-corrected chi connectivity index (χ0v) is 19.0. The van der Waals surface area contributed by atoms with Crippen molar-refractivity contribution in [2.24, 2.45) is 0 Å². The maximum Gasteiger partial charge on any atom is 0.137 e. The Morgan fingerprint density at radius 1 is 0.731 bits per heavy atom. The molecule has 0 radical (unpaired) electrons. The second kappa shape index (κ2) is 14.5. The van der Waals surface area contributed by atoms with Gasteiger partial charge in [0.25, 0.3) is 0 Å². The molecule has 0 bridgehead atoms. The number of rotatable bonds is 16. The maximum atomic E-state index is 5.87. The first kappa shape index (κ1) is 23.5. The van der Waals surface area contributed by atoms with Crippen molar-refractivity contribution in [3.8, 4) is 5.75 Å². The largest absolute Gasteiger partial charge is 0.488 e. The van der Waals surface area contributed by atoms with Crippen LogP contribution < -0.4 is 4.74 Å². The number of hydrogen-bond donors (Lipinski definition) is 0. The Labute approximate surface area is 171 Å². The molecule has 2 nitrogen and oxygen atoms in total. The van der Waals surface area contributed by atoms with E-state index in [4.69, 9.17) is 4.74 Å². The monoisotopic (exact) mass is 426 g/mol. The van der Waals surface area contributed by atoms with Gasteiger partial charge in [0.1, 0.15) is 18.9 Å². The number of benzene rings is 1. The van der Waals surface area contributed by atoms with Crippen LogP contribution in [0.2, 0.25) is 0 Å². The number of likely N-dealkylation sites (N-methyl/N-ethyl adjacent to an activating group) is 1. The van der Waals surface area contributed by atoms with Crippen molar-refractivity contribution < 1.29 is 9.22 Å². The van der Waals surface area contributed by atoms with Crippen molar-refractivity contribution >= 4 is 15.9 Å². The van der Waals surface area contributed by atoms with Gasteiger partial charge in [0, 0.05) is 4.47 Å². The van der Waals surface area contributed by atoms with Gasteiger partial charge in [-0.2, -0.15) is 0 Å². The minimum Gasteiger partial charge on any atom is -0.488 e. The summed E-state index contributed by atoms with van der Waals surface area (Å²) < 4.78 is 8.01. The molecule has 0 heterocycles. The van der Waals surface area contributed by atoms with Gasteiger partial charge in [-0.3, -0.25) is 0 Å². The third-order valence-corrected chi connectivity index (χ3v) is 5.67. The van der Waals surface area contributed by atoms with E-state index >= 15 is 0 Å². The Kier molecular flexibility index (Phi) is 13.1. The zero-order valence-electron chi connectivity index (χ0n) is 17.4. The van der Waals surface area contributed by atoms with Crippen molar-refractivity contribution in [3.05, 3.63) is 28.7 Å². The molecule has 0 amide bonds. The fourth-order valence-corrected chi connectivity index (χ4v) is 3.52. The molecule has 1 aromatic rings. The standard InChI is InChI=1S/C23H41BrNO/c1-4-5-6-7-8-9-10-11-12-13-14-19-25(2,3)20-21-26-23-17-15-22(24)16-18-23/h15-18H,4-14,19-21H2,1-3H3/q+1. The zero-order chi connectivity index (χ0) is 19.1. The molecule has 0 fully saturated rings. The van der Waals surface area contributed by atoms with Gasteiger partial charge in [-0.05, 0) is 37.1 Å². The second-order valence-electron chi connectivity index (χ2n) is 8.22. The van der Waals surface area contributed by atoms with Crippen LogP contribution in [-0.4, -0.2) is 38.3 Å². The molecule has 0 aromatic heterocycles. The van der Waals surface area contributed by atoms with E-state index < -0.39 is 0 Å². The molecule has 3 heteroatoms. The highest BCUT2D eigenvalue weighted by molar-refractivity contribution is 9.10. The van der Waals surface area contributed by atoms with Gasteiger partial charge in [-0.1, -0.05) is 80.6 Å². The summed E-state index contributed by atoms with van der Waals surface area (Å²) in [5, 5.41) is 0. The first-order chi connectivity index (χ1) is 12.5. The van der Waals surface area contributed by atoms with Gasteiger partial charge in [-0.25, -0.2) is 0 Å². The van der Waals surface area contributed by atoms with Crippen molar-refractivity contribution in [2.75, 3.05) is 33.8 Å². The lowest BCUT2D eigenvalue weighted by Gasteiger charge is -2.29. The van der Waals surface area contributed by atoms with Gasteiger partial charge < -0.3 is 9.22 Å². The van der Waals surface area contributed by atoms with Crippen LogP contribution >= 0.6 is 15.9 Å². The smallest absolute Gasteiger partial charge is 0.137 e. The summed E-state index contributed by atoms with van der Waals surface area (Å²) in [7, 11) is 4.64. The van der Waals surface area contributed by atoms with Crippen LogP contribution in [0.25, 0.3) is 0 Å². The summed E-state index contributed by atoms with van der Waals surface area (Å²) in [6, 6.07) is 8.10. The van der Waals surface area contributed by atoms with Crippen molar-refractivity contribution in [1.29, 1.82) is 0 Å². The molecule has 0 aliphatic carbocycles. The van der Waals surface area contributed by atoms with Gasteiger partial charge in [0.05, 0.1) is 20.6 Å². The highest BCUT2D eigenvalue weighted by Crippen LogP contribution is 2.16. The van der Waals surface area contributed by atoms with E-state index in [1.54, 1.807) is 0 Å². The molecule has 0 unspecified atom stereocenters. The fourth-order valence-electron chi connectivity index (χ4n) is 3.26. The van der Waals surface area contributed by atoms with E-state index in [2.05, 4.69) is 36.9 Å². The van der Waals surface area contributed by atoms with E-state index in [0.29, 0.717) is 0 Å². The number of quaternary nitrogens is 1. The first-order valence-corrected chi connectivity index (χ1v) is 11.5. The Hall–Kier alpha value is -0.540. The average Bonchev–Trinajstić information content (AvgIpc) is 2.61. The number of ether oxygens (including phenoxy) is 1. The minimum atomic E-state index is 0.784. The van der Waals surface area contributed by atoms with Crippen LogP contribution in [0, 0.1) is 0 Å². The summed E-state index contributed by atoms with van der Waals surface area (Å²) >= 11 is 3.45. The molecule has 0 N–H and O–H groups in total. The predicted molar refractivity (Wildman–Crippen MR) is 118 cm³/mol. The van der Waals surface area contributed by atoms with Crippen molar-refractivity contribution in [1.82, 2.24) is 0 Å². The number of unbranched alkanes of at least 4 members (excludes halogenated alkanes) is 10. The molecule has 0 aliphatic rings. The lowest BCUT2D eigenvalue weighted by atomic mass is 10.1.